The highest BCUT2D eigenvalue weighted by molar-refractivity contribution is 7.09. The third-order valence-electron chi connectivity index (χ3n) is 15.0. The maximum atomic E-state index is 14.8. The molecule has 3 atom stereocenters. The molecule has 1 spiro atoms. The zero-order valence-electron chi connectivity index (χ0n) is 36.6. The van der Waals surface area contributed by atoms with Crippen molar-refractivity contribution in [3.63, 3.8) is 0 Å². The molecule has 0 radical (unpaired) electrons. The number of hydrogen-bond donors (Lipinski definition) is 2. The van der Waals surface area contributed by atoms with Crippen LogP contribution in [0.5, 0.6) is 0 Å². The number of carbonyl (C=O) groups excluding carboxylic acids is 4. The van der Waals surface area contributed by atoms with E-state index in [-0.39, 0.29) is 80.0 Å². The molecule has 0 unspecified atom stereocenters. The zero-order valence-corrected chi connectivity index (χ0v) is 37.4. The molecule has 67 heavy (non-hydrogen) atoms. The zero-order chi connectivity index (χ0) is 47.7. The summed E-state index contributed by atoms with van der Waals surface area (Å²) in [5.74, 6) is -5.23. The first kappa shape index (κ1) is 47.0. The lowest BCUT2D eigenvalue weighted by atomic mass is 9.70. The lowest BCUT2D eigenvalue weighted by molar-refractivity contribution is -0.205. The normalized spacial score (nSPS) is 25.4. The van der Waals surface area contributed by atoms with Crippen molar-refractivity contribution >= 4 is 40.9 Å². The van der Waals surface area contributed by atoms with E-state index < -0.39 is 76.1 Å². The molecule has 7 aliphatic rings. The smallest absolute Gasteiger partial charge is 0.416 e. The van der Waals surface area contributed by atoms with Crippen LogP contribution in [0.1, 0.15) is 101 Å². The van der Waals surface area contributed by atoms with Crippen molar-refractivity contribution in [2.24, 2.45) is 22.2 Å². The molecule has 4 amide bonds. The molecule has 362 valence electrons. The minimum absolute atomic E-state index is 0.0161. The number of carboxylic acid groups (broad SMARTS) is 1. The Hall–Kier alpha value is -5.09. The van der Waals surface area contributed by atoms with Gasteiger partial charge in [0.15, 0.2) is 0 Å². The number of rotatable bonds is 13. The van der Waals surface area contributed by atoms with E-state index in [1.165, 1.54) is 22.0 Å². The standard InChI is InChI=1S/C45H51F6N7O8S/c1-26(65-24-41-8-4-31(5-9-41)66-25-41)34(38(61)55-13-6-27(7-14-55)36-52-12-15-67-36)54-35(59)33-20-56(21-42(33)22-57(23-42)40(64)43(10-11-43)45(49,50)51)37(60)29-17-53-58(19-29)18-28-2-3-30(44(46,47)48)16-32(28)39(62)63/h2-3,12,15-17,19,26-27,31,33-34H,4-11,13-14,18,20-25H2,1H3,(H,54,59)(H,62,63)/t26-,31?,33+,34+,41?/m1/s1. The van der Waals surface area contributed by atoms with Gasteiger partial charge in [-0.2, -0.15) is 31.4 Å². The summed E-state index contributed by atoms with van der Waals surface area (Å²) in [5.41, 5.74) is -5.72. The average molecular weight is 964 g/mol. The average Bonchev–Trinajstić information content (AvgIpc) is 3.57. The van der Waals surface area contributed by atoms with Crippen LogP contribution < -0.4 is 5.32 Å². The van der Waals surface area contributed by atoms with Crippen LogP contribution in [0.4, 0.5) is 26.3 Å². The van der Waals surface area contributed by atoms with Crippen LogP contribution in [0, 0.1) is 22.2 Å². The summed E-state index contributed by atoms with van der Waals surface area (Å²) in [6.45, 7) is 2.14. The summed E-state index contributed by atoms with van der Waals surface area (Å²) in [6, 6.07) is 1.09. The Morgan fingerprint density at radius 1 is 0.970 bits per heavy atom. The number of likely N-dealkylation sites (tertiary alicyclic amines) is 3. The van der Waals surface area contributed by atoms with Gasteiger partial charge < -0.3 is 34.6 Å². The Morgan fingerprint density at radius 3 is 2.27 bits per heavy atom. The Bertz CT molecular complexity index is 2370. The largest absolute Gasteiger partial charge is 0.478 e. The fourth-order valence-corrected chi connectivity index (χ4v) is 11.5. The first-order valence-corrected chi connectivity index (χ1v) is 23.4. The van der Waals surface area contributed by atoms with Crippen molar-refractivity contribution in [3.8, 4) is 0 Å². The SMILES string of the molecule is C[C@@H](OCC12CCC(CC1)OC2)[C@H](NC(=O)[C@@H]1CN(C(=O)c2cnn(Cc3ccc(C(F)(F)F)cc3C(=O)O)c2)CC12CN(C(=O)C1(C(F)(F)F)CC1)C2)C(=O)N1CCC(c2nccs2)CC1. The van der Waals surface area contributed by atoms with Gasteiger partial charge in [0.2, 0.25) is 17.7 Å². The van der Waals surface area contributed by atoms with Crippen molar-refractivity contribution < 1.29 is 64.9 Å². The number of piperidine rings is 1. The number of ether oxygens (including phenoxy) is 2. The van der Waals surface area contributed by atoms with Crippen LogP contribution in [0.2, 0.25) is 0 Å². The monoisotopic (exact) mass is 963 g/mol. The van der Waals surface area contributed by atoms with E-state index in [2.05, 4.69) is 15.4 Å². The molecule has 2 bridgehead atoms. The number of aromatic carboxylic acids is 1. The second-order valence-electron chi connectivity index (χ2n) is 19.4. The quantitative estimate of drug-likeness (QED) is 0.205. The van der Waals surface area contributed by atoms with Gasteiger partial charge in [-0.05, 0) is 76.0 Å². The highest BCUT2D eigenvalue weighted by Gasteiger charge is 2.72. The highest BCUT2D eigenvalue weighted by Crippen LogP contribution is 2.60. The number of halogens is 6. The number of benzene rings is 1. The van der Waals surface area contributed by atoms with Gasteiger partial charge >= 0.3 is 18.3 Å². The maximum absolute atomic E-state index is 14.8. The minimum atomic E-state index is -4.79. The predicted molar refractivity (Wildman–Crippen MR) is 225 cm³/mol. The van der Waals surface area contributed by atoms with Crippen molar-refractivity contribution in [3.05, 3.63) is 69.4 Å². The number of nitrogens with zero attached hydrogens (tertiary/aromatic N) is 6. The van der Waals surface area contributed by atoms with Crippen molar-refractivity contribution in [2.45, 2.75) is 101 Å². The molecule has 1 aromatic carbocycles. The molecule has 15 nitrogen and oxygen atoms in total. The van der Waals surface area contributed by atoms with Crippen LogP contribution in [0.3, 0.4) is 0 Å². The summed E-state index contributed by atoms with van der Waals surface area (Å²) in [6.07, 6.45) is -1.75. The number of nitrogens with one attached hydrogen (secondary N) is 1. The second kappa shape index (κ2) is 17.5. The number of carboxylic acids is 1. The van der Waals surface area contributed by atoms with E-state index >= 15 is 0 Å². The molecular formula is C45H51F6N7O8S. The van der Waals surface area contributed by atoms with Gasteiger partial charge in [0.05, 0.1) is 65.8 Å². The number of carbonyl (C=O) groups is 5. The van der Waals surface area contributed by atoms with Gasteiger partial charge in [0.1, 0.15) is 11.5 Å². The number of thiazole rings is 1. The fraction of sp³-hybridized carbons (Fsp3) is 0.622. The van der Waals surface area contributed by atoms with Gasteiger partial charge in [0, 0.05) is 73.8 Å². The molecule has 2 saturated carbocycles. The third-order valence-corrected chi connectivity index (χ3v) is 16.0. The van der Waals surface area contributed by atoms with Crippen molar-refractivity contribution in [1.29, 1.82) is 0 Å². The summed E-state index contributed by atoms with van der Waals surface area (Å²) < 4.78 is 96.1. The second-order valence-corrected chi connectivity index (χ2v) is 20.4. The predicted octanol–water partition coefficient (Wildman–Crippen LogP) is 5.60. The highest BCUT2D eigenvalue weighted by atomic mass is 32.1. The summed E-state index contributed by atoms with van der Waals surface area (Å²) in [5, 5.41) is 19.7. The number of alkyl halides is 6. The maximum Gasteiger partial charge on any atom is 0.416 e. The molecule has 5 saturated heterocycles. The Balaban J connectivity index is 0.950. The van der Waals surface area contributed by atoms with Gasteiger partial charge in [-0.3, -0.25) is 23.9 Å². The van der Waals surface area contributed by atoms with Crippen LogP contribution in [0.15, 0.2) is 42.2 Å². The topological polar surface area (TPSA) is 176 Å². The van der Waals surface area contributed by atoms with Gasteiger partial charge in [-0.15, -0.1) is 11.3 Å². The van der Waals surface area contributed by atoms with Gasteiger partial charge in [-0.25, -0.2) is 9.78 Å². The Labute approximate surface area is 385 Å². The van der Waals surface area contributed by atoms with Crippen LogP contribution >= 0.6 is 11.3 Å². The molecule has 3 aromatic rings. The van der Waals surface area contributed by atoms with E-state index in [9.17, 15) is 55.4 Å². The van der Waals surface area contributed by atoms with E-state index in [0.29, 0.717) is 45.2 Å². The fourth-order valence-electron chi connectivity index (χ4n) is 10.7. The van der Waals surface area contributed by atoms with Crippen molar-refractivity contribution in [2.75, 3.05) is 52.5 Å². The molecule has 2 N–H and O–H groups in total. The van der Waals surface area contributed by atoms with Crippen molar-refractivity contribution in [1.82, 2.24) is 34.8 Å². The lowest BCUT2D eigenvalue weighted by Gasteiger charge is -2.51. The first-order chi connectivity index (χ1) is 31.7. The summed E-state index contributed by atoms with van der Waals surface area (Å²) in [4.78, 5) is 77.5. The molecule has 2 aliphatic carbocycles. The number of hydrogen-bond acceptors (Lipinski definition) is 10. The van der Waals surface area contributed by atoms with Crippen LogP contribution in [-0.2, 0) is 36.6 Å². The van der Waals surface area contributed by atoms with E-state index in [4.69, 9.17) is 9.47 Å². The lowest BCUT2D eigenvalue weighted by Crippen LogP contribution is -2.67. The molecular weight excluding hydrogens is 913 g/mol. The van der Waals surface area contributed by atoms with E-state index in [1.54, 1.807) is 29.4 Å². The van der Waals surface area contributed by atoms with E-state index in [0.717, 1.165) is 47.7 Å². The molecule has 7 heterocycles. The summed E-state index contributed by atoms with van der Waals surface area (Å²) >= 11 is 1.55. The number of aromatic nitrogens is 3. The molecule has 10 rings (SSSR count). The number of fused-ring (bicyclic) bond motifs is 3. The Kier molecular flexibility index (Phi) is 12.2. The van der Waals surface area contributed by atoms with Crippen LogP contribution in [-0.4, -0.2) is 141 Å². The Morgan fingerprint density at radius 2 is 1.67 bits per heavy atom. The molecule has 5 aliphatic heterocycles. The molecule has 22 heteroatoms. The van der Waals surface area contributed by atoms with Gasteiger partial charge in [-0.1, -0.05) is 6.07 Å². The molecule has 7 fully saturated rings. The van der Waals surface area contributed by atoms with Gasteiger partial charge in [0.25, 0.3) is 5.91 Å². The first-order valence-electron chi connectivity index (χ1n) is 22.5. The third kappa shape index (κ3) is 9.04. The van der Waals surface area contributed by atoms with E-state index in [1.807, 2.05) is 5.38 Å². The van der Waals surface area contributed by atoms with Crippen LogP contribution in [0.25, 0.3) is 0 Å². The number of amides is 4. The molecule has 2 aromatic heterocycles. The minimum Gasteiger partial charge on any atom is -0.478 e. The summed E-state index contributed by atoms with van der Waals surface area (Å²) in [7, 11) is 0.